The Balaban J connectivity index is 0.000000196. The minimum Gasteiger partial charge on any atom is -0.389 e. The highest BCUT2D eigenvalue weighted by Crippen LogP contribution is 2.37. The van der Waals surface area contributed by atoms with Crippen molar-refractivity contribution in [3.63, 3.8) is 0 Å². The zero-order chi connectivity index (χ0) is 56.8. The van der Waals surface area contributed by atoms with Gasteiger partial charge in [-0.15, -0.1) is 0 Å². The molecule has 0 bridgehead atoms. The van der Waals surface area contributed by atoms with E-state index in [1.807, 2.05) is 4.90 Å². The molecule has 10 rings (SSSR count). The van der Waals surface area contributed by atoms with Gasteiger partial charge in [-0.2, -0.15) is 0 Å². The zero-order valence-corrected chi connectivity index (χ0v) is 46.1. The first-order valence-corrected chi connectivity index (χ1v) is 28.2. The summed E-state index contributed by atoms with van der Waals surface area (Å²) >= 11 is 12.1. The van der Waals surface area contributed by atoms with Crippen LogP contribution in [-0.2, 0) is 19.9 Å². The number of likely N-dealkylation sites (tertiary alicyclic amines) is 4. The number of hydrogen-bond donors (Lipinski definition) is 6. The van der Waals surface area contributed by atoms with E-state index in [1.165, 1.54) is 51.3 Å². The summed E-state index contributed by atoms with van der Waals surface area (Å²) in [6.45, 7) is 7.86. The molecule has 6 N–H and O–H groups in total. The summed E-state index contributed by atoms with van der Waals surface area (Å²) in [6.07, 6.45) is 9.53. The Morgan fingerprint density at radius 1 is 0.637 bits per heavy atom. The number of amides is 2. The largest absolute Gasteiger partial charge is 0.389 e. The van der Waals surface area contributed by atoms with Gasteiger partial charge in [-0.1, -0.05) is 35.3 Å². The number of carbonyl (C=O) groups is 2. The number of piperidine rings is 4. The second kappa shape index (κ2) is 25.8. The molecule has 5 aromatic rings. The molecule has 0 aliphatic carbocycles. The minimum atomic E-state index is -1.58. The predicted octanol–water partition coefficient (Wildman–Crippen LogP) is 7.87. The monoisotopic (exact) mass is 1150 g/mol. The van der Waals surface area contributed by atoms with Gasteiger partial charge in [0.25, 0.3) is 0 Å². The Morgan fingerprint density at radius 3 is 1.66 bits per heavy atom. The average Bonchev–Trinajstić information content (AvgIpc) is 3.95. The number of H-pyrrole nitrogens is 1. The predicted molar refractivity (Wildman–Crippen MR) is 300 cm³/mol. The second-order valence-corrected chi connectivity index (χ2v) is 22.9. The van der Waals surface area contributed by atoms with Gasteiger partial charge in [-0.3, -0.25) is 9.59 Å². The number of morpholine rings is 1. The Hall–Kier alpha value is -5.38. The van der Waals surface area contributed by atoms with Gasteiger partial charge >= 0.3 is 0 Å². The number of nitrogens with zero attached hydrogens (tertiary/aromatic N) is 5. The number of halogens is 6. The molecule has 0 saturated carbocycles. The minimum absolute atomic E-state index is 0.00143. The number of anilines is 1. The number of fused-ring (bicyclic) bond motifs is 1. The molecule has 20 heteroatoms. The number of benzene rings is 4. The molecule has 5 aliphatic heterocycles. The van der Waals surface area contributed by atoms with Crippen molar-refractivity contribution in [1.82, 2.24) is 24.6 Å². The van der Waals surface area contributed by atoms with Crippen LogP contribution in [0.25, 0.3) is 23.1 Å². The Bertz CT molecular complexity index is 2960. The third-order valence-electron chi connectivity index (χ3n) is 16.9. The van der Waals surface area contributed by atoms with Gasteiger partial charge in [0.1, 0.15) is 5.82 Å². The van der Waals surface area contributed by atoms with Gasteiger partial charge in [0.05, 0.1) is 42.2 Å². The van der Waals surface area contributed by atoms with Crippen molar-refractivity contribution in [2.75, 3.05) is 96.7 Å². The van der Waals surface area contributed by atoms with Crippen molar-refractivity contribution in [2.24, 2.45) is 0 Å². The number of aliphatic hydroxyl groups excluding tert-OH is 2. The highest BCUT2D eigenvalue weighted by Gasteiger charge is 2.43. The molecule has 4 aromatic carbocycles. The summed E-state index contributed by atoms with van der Waals surface area (Å²) in [5, 5.41) is 57.5. The number of β-amino-alcohol motifs (C(OH)–C–C–N with tert-alkyl or cyclic N) is 2. The normalized spacial score (nSPS) is 21.0. The zero-order valence-electron chi connectivity index (χ0n) is 44.6. The molecule has 6 heterocycles. The van der Waals surface area contributed by atoms with Crippen molar-refractivity contribution in [3.8, 4) is 0 Å². The van der Waals surface area contributed by atoms with Crippen LogP contribution in [0.1, 0.15) is 79.5 Å². The maximum absolute atomic E-state index is 13.4. The smallest absolute Gasteiger partial charge is 0.246 e. The summed E-state index contributed by atoms with van der Waals surface area (Å²) in [4.78, 5) is 38.5. The summed E-state index contributed by atoms with van der Waals surface area (Å²) < 4.78 is 58.5. The molecule has 0 radical (unpaired) electrons. The number of aliphatic hydroxyl groups is 5. The topological polar surface area (TPSA) is 177 Å². The van der Waals surface area contributed by atoms with Crippen LogP contribution < -0.4 is 4.90 Å². The molecule has 80 heavy (non-hydrogen) atoms. The van der Waals surface area contributed by atoms with Gasteiger partial charge in [-0.05, 0) is 165 Å². The van der Waals surface area contributed by atoms with Crippen LogP contribution in [0, 0.1) is 23.3 Å². The van der Waals surface area contributed by atoms with E-state index in [-0.39, 0.29) is 49.8 Å². The lowest BCUT2D eigenvalue weighted by Gasteiger charge is -2.44. The maximum Gasteiger partial charge on any atom is 0.246 e. The van der Waals surface area contributed by atoms with E-state index in [0.717, 1.165) is 76.0 Å². The third kappa shape index (κ3) is 14.4. The lowest BCUT2D eigenvalue weighted by Crippen LogP contribution is -2.56. The fraction of sp³-hybridized carbons (Fsp3) is 0.467. The number of nitrogens with one attached hydrogen (secondary N) is 1. The van der Waals surface area contributed by atoms with Crippen LogP contribution in [0.5, 0.6) is 0 Å². The Labute approximate surface area is 473 Å². The van der Waals surface area contributed by atoms with Crippen molar-refractivity contribution in [3.05, 3.63) is 147 Å². The van der Waals surface area contributed by atoms with Crippen LogP contribution in [0.3, 0.4) is 0 Å². The van der Waals surface area contributed by atoms with Crippen LogP contribution >= 0.6 is 23.2 Å². The van der Waals surface area contributed by atoms with Gasteiger partial charge in [0, 0.05) is 110 Å². The van der Waals surface area contributed by atoms with Crippen LogP contribution in [0.2, 0.25) is 10.0 Å². The van der Waals surface area contributed by atoms with E-state index >= 15 is 0 Å². The van der Waals surface area contributed by atoms with Gasteiger partial charge in [0.15, 0.2) is 17.5 Å². The maximum atomic E-state index is 13.4. The lowest BCUT2D eigenvalue weighted by molar-refractivity contribution is -0.141. The Kier molecular flexibility index (Phi) is 19.1. The third-order valence-corrected chi connectivity index (χ3v) is 17.3. The number of hydrogen-bond acceptors (Lipinski definition) is 11. The number of ether oxygens (including phenoxy) is 1. The SMILES string of the molecule is O=C(/C=C/c1cc(Cl)cc(Cl)c1)N1CCC(O)(C(O)CN2CCC(c3c[nH]c4ccc(N5CCOCC5)cc34)CC2)CC1.O=C(/C=C/c1cc(F)c(F)c(F)c1)N1CCC(O)(C(O)CN2CCC(O)(c3ccc(F)cc3)CC2)CC1. The van der Waals surface area contributed by atoms with Crippen molar-refractivity contribution < 1.29 is 57.4 Å². The van der Waals surface area contributed by atoms with E-state index in [0.29, 0.717) is 79.9 Å². The van der Waals surface area contributed by atoms with E-state index in [1.54, 1.807) is 41.3 Å². The molecule has 5 aliphatic rings. The molecule has 5 fully saturated rings. The molecular formula is C60H70Cl2F4N6O8. The molecule has 1 aromatic heterocycles. The summed E-state index contributed by atoms with van der Waals surface area (Å²) in [6, 6.07) is 19.2. The van der Waals surface area contributed by atoms with Crippen molar-refractivity contribution >= 4 is 63.8 Å². The van der Waals surface area contributed by atoms with Crippen LogP contribution in [0.15, 0.2) is 91.1 Å². The van der Waals surface area contributed by atoms with E-state index in [4.69, 9.17) is 27.9 Å². The lowest BCUT2D eigenvalue weighted by atomic mass is 9.83. The molecule has 0 spiro atoms. The van der Waals surface area contributed by atoms with Crippen LogP contribution in [-0.4, -0.2) is 177 Å². The standard InChI is InChI=1S/C33H40Cl2N4O4.C27H30F4N2O4/c34-25-17-23(18-26(35)19-25)1-4-32(41)39-11-7-33(42,8-12-39)31(40)22-37-9-5-24(6-10-37)29-21-36-30-3-2-27(20-28(29)30)38-13-15-43-16-14-38;28-20-4-2-19(3-5-20)26(36)7-11-32(12-8-26)17-23(34)27(37)9-13-33(14-10-27)24(35)6-1-18-15-21(29)25(31)22(30)16-18/h1-4,17-21,24,31,36,40,42H,5-16,22H2;1-6,15-16,23,34,36-37H,7-14,17H2/b4-1+;6-1+. The fourth-order valence-electron chi connectivity index (χ4n) is 11.7. The number of aromatic nitrogens is 1. The molecule has 2 unspecified atom stereocenters. The summed E-state index contributed by atoms with van der Waals surface area (Å²) in [5.74, 6) is -4.76. The number of rotatable bonds is 13. The molecule has 430 valence electrons. The molecule has 14 nitrogen and oxygen atoms in total. The molecule has 2 atom stereocenters. The van der Waals surface area contributed by atoms with E-state index in [2.05, 4.69) is 39.2 Å². The number of aromatic amines is 1. The quantitative estimate of drug-likeness (QED) is 0.0385. The second-order valence-electron chi connectivity index (χ2n) is 22.0. The van der Waals surface area contributed by atoms with Gasteiger partial charge in [-0.25, -0.2) is 17.6 Å². The van der Waals surface area contributed by atoms with Crippen LogP contribution in [0.4, 0.5) is 23.2 Å². The van der Waals surface area contributed by atoms with E-state index < -0.39 is 52.4 Å². The fourth-order valence-corrected chi connectivity index (χ4v) is 12.2. The highest BCUT2D eigenvalue weighted by atomic mass is 35.5. The van der Waals surface area contributed by atoms with Crippen molar-refractivity contribution in [1.29, 1.82) is 0 Å². The number of carbonyl (C=O) groups excluding carboxylic acids is 2. The Morgan fingerprint density at radius 2 is 1.14 bits per heavy atom. The molecular weight excluding hydrogens is 1080 g/mol. The van der Waals surface area contributed by atoms with Gasteiger partial charge in [0.2, 0.25) is 11.8 Å². The first-order valence-electron chi connectivity index (χ1n) is 27.5. The highest BCUT2D eigenvalue weighted by molar-refractivity contribution is 6.34. The first-order chi connectivity index (χ1) is 38.3. The first kappa shape index (κ1) is 59.2. The molecule has 5 saturated heterocycles. The van der Waals surface area contributed by atoms with E-state index in [9.17, 15) is 52.7 Å². The average molecular weight is 1150 g/mol. The molecule has 2 amide bonds. The summed E-state index contributed by atoms with van der Waals surface area (Å²) in [7, 11) is 0. The van der Waals surface area contributed by atoms with Gasteiger partial charge < -0.3 is 59.8 Å². The van der Waals surface area contributed by atoms with Crippen molar-refractivity contribution in [2.45, 2.75) is 86.3 Å². The summed E-state index contributed by atoms with van der Waals surface area (Å²) in [5.41, 5.74) is 1.52.